The minimum absolute atomic E-state index is 0.0343. The van der Waals surface area contributed by atoms with Crippen molar-refractivity contribution in [2.45, 2.75) is 37.8 Å². The van der Waals surface area contributed by atoms with Crippen LogP contribution in [0.2, 0.25) is 0 Å². The van der Waals surface area contributed by atoms with Crippen molar-refractivity contribution in [3.8, 4) is 0 Å². The number of aliphatic hydroxyl groups excluding tert-OH is 1. The molecule has 1 fully saturated rings. The van der Waals surface area contributed by atoms with Crippen LogP contribution in [0, 0.1) is 11.6 Å². The van der Waals surface area contributed by atoms with Crippen LogP contribution in [-0.2, 0) is 0 Å². The second-order valence-corrected chi connectivity index (χ2v) is 4.99. The molecule has 0 bridgehead atoms. The van der Waals surface area contributed by atoms with E-state index in [2.05, 4.69) is 10.6 Å². The molecule has 0 heterocycles. The van der Waals surface area contributed by atoms with Crippen molar-refractivity contribution in [2.75, 3.05) is 6.61 Å². The lowest BCUT2D eigenvalue weighted by atomic mass is 10.1. The molecule has 110 valence electrons. The molecule has 20 heavy (non-hydrogen) atoms. The maximum absolute atomic E-state index is 13.6. The predicted octanol–water partition coefficient (Wildman–Crippen LogP) is 1.89. The average Bonchev–Trinajstić information content (AvgIpc) is 3.14. The molecule has 1 aromatic carbocycles. The summed E-state index contributed by atoms with van der Waals surface area (Å²) in [5.74, 6) is -1.49. The fraction of sp³-hybridized carbons (Fsp3) is 0.500. The number of aliphatic hydroxyl groups is 1. The molecule has 2 amide bonds. The van der Waals surface area contributed by atoms with Crippen LogP contribution in [0.3, 0.4) is 0 Å². The van der Waals surface area contributed by atoms with Crippen LogP contribution in [0.5, 0.6) is 0 Å². The van der Waals surface area contributed by atoms with Gasteiger partial charge in [-0.05, 0) is 25.0 Å². The number of hydrogen-bond acceptors (Lipinski definition) is 2. The number of nitrogens with one attached hydrogen (secondary N) is 2. The molecule has 3 N–H and O–H groups in total. The van der Waals surface area contributed by atoms with E-state index in [-0.39, 0.29) is 30.2 Å². The zero-order chi connectivity index (χ0) is 14.7. The van der Waals surface area contributed by atoms with Gasteiger partial charge < -0.3 is 15.7 Å². The molecule has 6 heteroatoms. The van der Waals surface area contributed by atoms with Crippen molar-refractivity contribution < 1.29 is 18.7 Å². The van der Waals surface area contributed by atoms with Gasteiger partial charge in [0.1, 0.15) is 11.6 Å². The van der Waals surface area contributed by atoms with Gasteiger partial charge >= 0.3 is 6.03 Å². The summed E-state index contributed by atoms with van der Waals surface area (Å²) in [4.78, 5) is 11.6. The van der Waals surface area contributed by atoms with Crippen molar-refractivity contribution in [3.05, 3.63) is 35.4 Å². The van der Waals surface area contributed by atoms with Gasteiger partial charge in [-0.1, -0.05) is 13.0 Å². The van der Waals surface area contributed by atoms with Gasteiger partial charge in [0, 0.05) is 17.5 Å². The van der Waals surface area contributed by atoms with Gasteiger partial charge in [-0.25, -0.2) is 13.6 Å². The third-order valence-electron chi connectivity index (χ3n) is 3.53. The molecule has 1 saturated carbocycles. The molecule has 3 atom stereocenters. The van der Waals surface area contributed by atoms with E-state index in [1.165, 1.54) is 18.2 Å². The number of rotatable bonds is 5. The Morgan fingerprint density at radius 1 is 1.45 bits per heavy atom. The number of amides is 2. The summed E-state index contributed by atoms with van der Waals surface area (Å²) < 4.78 is 27.1. The van der Waals surface area contributed by atoms with Gasteiger partial charge in [-0.2, -0.15) is 0 Å². The third kappa shape index (κ3) is 3.25. The van der Waals surface area contributed by atoms with E-state index in [1.807, 2.05) is 6.92 Å². The Bertz CT molecular complexity index is 472. The van der Waals surface area contributed by atoms with Gasteiger partial charge in [0.25, 0.3) is 0 Å². The lowest BCUT2D eigenvalue weighted by molar-refractivity contribution is 0.214. The number of carbonyl (C=O) groups excluding carboxylic acids is 1. The molecule has 1 aromatic rings. The van der Waals surface area contributed by atoms with Crippen LogP contribution in [0.4, 0.5) is 13.6 Å². The first-order chi connectivity index (χ1) is 9.56. The molecule has 0 radical (unpaired) electrons. The average molecular weight is 284 g/mol. The first kappa shape index (κ1) is 14.7. The Balaban J connectivity index is 1.91. The second kappa shape index (κ2) is 6.17. The maximum atomic E-state index is 13.6. The largest absolute Gasteiger partial charge is 0.394 e. The number of carbonyl (C=O) groups is 1. The van der Waals surface area contributed by atoms with E-state index in [4.69, 9.17) is 5.11 Å². The van der Waals surface area contributed by atoms with E-state index < -0.39 is 17.7 Å². The molecule has 0 saturated heterocycles. The predicted molar refractivity (Wildman–Crippen MR) is 70.3 cm³/mol. The monoisotopic (exact) mass is 284 g/mol. The fourth-order valence-corrected chi connectivity index (χ4v) is 2.21. The highest BCUT2D eigenvalue weighted by atomic mass is 19.1. The maximum Gasteiger partial charge on any atom is 0.315 e. The van der Waals surface area contributed by atoms with E-state index in [9.17, 15) is 13.6 Å². The Morgan fingerprint density at radius 3 is 2.65 bits per heavy atom. The summed E-state index contributed by atoms with van der Waals surface area (Å²) in [6, 6.07) is 2.75. The zero-order valence-electron chi connectivity index (χ0n) is 11.2. The first-order valence-corrected chi connectivity index (χ1v) is 6.68. The van der Waals surface area contributed by atoms with Crippen molar-refractivity contribution in [2.24, 2.45) is 0 Å². The minimum Gasteiger partial charge on any atom is -0.394 e. The number of halogens is 2. The zero-order valence-corrected chi connectivity index (χ0v) is 11.2. The summed E-state index contributed by atoms with van der Waals surface area (Å²) in [5, 5.41) is 14.2. The molecule has 0 aliphatic heterocycles. The van der Waals surface area contributed by atoms with Crippen molar-refractivity contribution in [1.29, 1.82) is 0 Å². The molecular formula is C14H18F2N2O2. The number of hydrogen-bond donors (Lipinski definition) is 3. The van der Waals surface area contributed by atoms with Crippen LogP contribution in [0.1, 0.15) is 31.2 Å². The molecule has 2 rings (SSSR count). The van der Waals surface area contributed by atoms with Crippen LogP contribution in [-0.4, -0.2) is 29.8 Å². The normalized spacial score (nSPS) is 22.2. The molecule has 1 aliphatic carbocycles. The topological polar surface area (TPSA) is 61.4 Å². The first-order valence-electron chi connectivity index (χ1n) is 6.68. The summed E-state index contributed by atoms with van der Waals surface area (Å²) >= 11 is 0. The second-order valence-electron chi connectivity index (χ2n) is 4.99. The van der Waals surface area contributed by atoms with E-state index >= 15 is 0 Å². The Kier molecular flexibility index (Phi) is 4.54. The Labute approximate surface area is 116 Å². The molecular weight excluding hydrogens is 266 g/mol. The summed E-state index contributed by atoms with van der Waals surface area (Å²) in [7, 11) is 0. The van der Waals surface area contributed by atoms with Crippen molar-refractivity contribution in [1.82, 2.24) is 10.6 Å². The van der Waals surface area contributed by atoms with Crippen LogP contribution < -0.4 is 10.6 Å². The quantitative estimate of drug-likeness (QED) is 0.773. The molecule has 0 aromatic heterocycles. The third-order valence-corrected chi connectivity index (χ3v) is 3.53. The van der Waals surface area contributed by atoms with Gasteiger partial charge in [-0.3, -0.25) is 0 Å². The van der Waals surface area contributed by atoms with E-state index in [0.29, 0.717) is 12.8 Å². The molecule has 3 unspecified atom stereocenters. The number of urea groups is 1. The highest BCUT2D eigenvalue weighted by Gasteiger charge is 2.42. The molecule has 0 spiro atoms. The highest BCUT2D eigenvalue weighted by Crippen LogP contribution is 2.42. The van der Waals surface area contributed by atoms with Gasteiger partial charge in [0.15, 0.2) is 0 Å². The van der Waals surface area contributed by atoms with Crippen molar-refractivity contribution >= 4 is 6.03 Å². The van der Waals surface area contributed by atoms with Crippen LogP contribution in [0.15, 0.2) is 18.2 Å². The van der Waals surface area contributed by atoms with Crippen LogP contribution >= 0.6 is 0 Å². The molecule has 4 nitrogen and oxygen atoms in total. The fourth-order valence-electron chi connectivity index (χ4n) is 2.21. The van der Waals surface area contributed by atoms with E-state index in [0.717, 1.165) is 0 Å². The Morgan fingerprint density at radius 2 is 2.10 bits per heavy atom. The SMILES string of the molecule is CCC(CO)NC(=O)NC1CC1c1c(F)cccc1F. The highest BCUT2D eigenvalue weighted by molar-refractivity contribution is 5.75. The van der Waals surface area contributed by atoms with Gasteiger partial charge in [0.05, 0.1) is 12.6 Å². The van der Waals surface area contributed by atoms with Gasteiger partial charge in [0.2, 0.25) is 0 Å². The summed E-state index contributed by atoms with van der Waals surface area (Å²) in [6.45, 7) is 1.70. The van der Waals surface area contributed by atoms with E-state index in [1.54, 1.807) is 0 Å². The minimum atomic E-state index is -0.582. The van der Waals surface area contributed by atoms with Crippen LogP contribution in [0.25, 0.3) is 0 Å². The standard InChI is InChI=1S/C14H18F2N2O2/c1-2-8(7-19)17-14(20)18-12-6-9(12)13-10(15)4-3-5-11(13)16/h3-5,8-9,12,19H,2,6-7H2,1H3,(H2,17,18,20). The Hall–Kier alpha value is -1.69. The summed E-state index contributed by atoms with van der Waals surface area (Å²) in [5.41, 5.74) is 0.0343. The van der Waals surface area contributed by atoms with Crippen molar-refractivity contribution in [3.63, 3.8) is 0 Å². The summed E-state index contributed by atoms with van der Waals surface area (Å²) in [6.07, 6.45) is 1.13. The lowest BCUT2D eigenvalue weighted by Gasteiger charge is -2.14. The van der Waals surface area contributed by atoms with Gasteiger partial charge in [-0.15, -0.1) is 0 Å². The number of benzene rings is 1. The molecule has 1 aliphatic rings. The lowest BCUT2D eigenvalue weighted by Crippen LogP contribution is -2.44. The smallest absolute Gasteiger partial charge is 0.315 e.